The Morgan fingerprint density at radius 2 is 1.70 bits per heavy atom. The van der Waals surface area contributed by atoms with E-state index in [1.807, 2.05) is 0 Å². The number of ether oxygens (including phenoxy) is 1. The Kier molecular flexibility index (Phi) is 8.50. The van der Waals surface area contributed by atoms with E-state index in [0.29, 0.717) is 31.5 Å². The number of nitrogens with one attached hydrogen (secondary N) is 4. The number of benzene rings is 2. The van der Waals surface area contributed by atoms with Crippen LogP contribution >= 0.6 is 0 Å². The quantitative estimate of drug-likeness (QED) is 0.431. The lowest BCUT2D eigenvalue weighted by molar-refractivity contribution is -0.0885. The average Bonchev–Trinajstić information content (AvgIpc) is 2.78. The smallest absolute Gasteiger partial charge is 0.319 e. The molecule has 0 radical (unpaired) electrons. The van der Waals surface area contributed by atoms with Gasteiger partial charge in [0.1, 0.15) is 23.6 Å². The molecule has 0 spiro atoms. The summed E-state index contributed by atoms with van der Waals surface area (Å²) < 4.78 is 45.7. The lowest BCUT2D eigenvalue weighted by Gasteiger charge is -2.36. The second-order valence-corrected chi connectivity index (χ2v) is 7.56. The van der Waals surface area contributed by atoms with Gasteiger partial charge in [-0.2, -0.15) is 0 Å². The van der Waals surface area contributed by atoms with E-state index >= 15 is 0 Å². The number of aliphatic hydroxyl groups is 1. The molecule has 3 atom stereocenters. The molecule has 0 saturated carbocycles. The summed E-state index contributed by atoms with van der Waals surface area (Å²) in [6, 6.07) is 6.35. The molecule has 1 aliphatic rings. The van der Waals surface area contributed by atoms with Crippen molar-refractivity contribution in [3.63, 3.8) is 0 Å². The van der Waals surface area contributed by atoms with Crippen LogP contribution in [0.4, 0.5) is 34.1 Å². The maximum atomic E-state index is 13.7. The van der Waals surface area contributed by atoms with Crippen LogP contribution < -0.4 is 21.3 Å². The van der Waals surface area contributed by atoms with Gasteiger partial charge in [-0.1, -0.05) is 0 Å². The van der Waals surface area contributed by atoms with Crippen LogP contribution in [0.1, 0.15) is 19.3 Å². The molecule has 11 heteroatoms. The topological polar surface area (TPSA) is 112 Å². The molecule has 0 aromatic heterocycles. The minimum atomic E-state index is -0.777. The summed E-state index contributed by atoms with van der Waals surface area (Å²) in [4.78, 5) is 24.1. The fourth-order valence-electron chi connectivity index (χ4n) is 3.48. The molecular weight excluding hydrogens is 441 g/mol. The van der Waals surface area contributed by atoms with Crippen LogP contribution in [-0.4, -0.2) is 48.6 Å². The van der Waals surface area contributed by atoms with Gasteiger partial charge in [0.25, 0.3) is 0 Å². The number of carbonyl (C=O) groups excluding carboxylic acids is 2. The van der Waals surface area contributed by atoms with Crippen molar-refractivity contribution in [1.82, 2.24) is 10.6 Å². The van der Waals surface area contributed by atoms with Gasteiger partial charge in [-0.25, -0.2) is 22.8 Å². The Morgan fingerprint density at radius 1 is 0.970 bits per heavy atom. The molecule has 8 nitrogen and oxygen atoms in total. The van der Waals surface area contributed by atoms with E-state index in [2.05, 4.69) is 21.3 Å². The molecule has 0 unspecified atom stereocenters. The predicted octanol–water partition coefficient (Wildman–Crippen LogP) is 3.35. The highest BCUT2D eigenvalue weighted by Gasteiger charge is 2.32. The maximum absolute atomic E-state index is 13.7. The van der Waals surface area contributed by atoms with Crippen LogP contribution in [0, 0.1) is 17.5 Å². The zero-order valence-corrected chi connectivity index (χ0v) is 17.6. The van der Waals surface area contributed by atoms with Gasteiger partial charge in [0, 0.05) is 18.3 Å². The minimum absolute atomic E-state index is 0.255. The SMILES string of the molecule is O=C(NCC[C@@H]1CC[C@@H](NC(=O)Nc2cc(F)ccc2F)[C@H](CO)O1)Nc1ccc(F)cc1. The summed E-state index contributed by atoms with van der Waals surface area (Å²) >= 11 is 0. The number of carbonyl (C=O) groups is 2. The van der Waals surface area contributed by atoms with Crippen molar-refractivity contribution in [2.45, 2.75) is 37.5 Å². The van der Waals surface area contributed by atoms with Gasteiger partial charge in [-0.05, 0) is 55.7 Å². The molecule has 178 valence electrons. The molecular formula is C22H25F3N4O4. The second-order valence-electron chi connectivity index (χ2n) is 7.56. The Bertz CT molecular complexity index is 961. The molecule has 4 amide bonds. The Morgan fingerprint density at radius 3 is 2.42 bits per heavy atom. The summed E-state index contributed by atoms with van der Waals surface area (Å²) in [7, 11) is 0. The highest BCUT2D eigenvalue weighted by atomic mass is 19.1. The number of amides is 4. The highest BCUT2D eigenvalue weighted by molar-refractivity contribution is 5.90. The van der Waals surface area contributed by atoms with Crippen LogP contribution in [0.2, 0.25) is 0 Å². The number of urea groups is 2. The summed E-state index contributed by atoms with van der Waals surface area (Å²) in [6.07, 6.45) is 0.559. The number of hydrogen-bond donors (Lipinski definition) is 5. The highest BCUT2D eigenvalue weighted by Crippen LogP contribution is 2.22. The monoisotopic (exact) mass is 466 g/mol. The first-order chi connectivity index (χ1) is 15.8. The van der Waals surface area contributed by atoms with Crippen molar-refractivity contribution < 1.29 is 32.6 Å². The summed E-state index contributed by atoms with van der Waals surface area (Å²) in [6.45, 7) is -0.0540. The van der Waals surface area contributed by atoms with Gasteiger partial charge < -0.3 is 31.1 Å². The van der Waals surface area contributed by atoms with E-state index < -0.39 is 41.7 Å². The summed E-state index contributed by atoms with van der Waals surface area (Å²) in [5.74, 6) is -1.87. The number of hydrogen-bond acceptors (Lipinski definition) is 4. The predicted molar refractivity (Wildman–Crippen MR) is 115 cm³/mol. The van der Waals surface area contributed by atoms with E-state index in [1.54, 1.807) is 0 Å². The third kappa shape index (κ3) is 7.36. The van der Waals surface area contributed by atoms with Gasteiger partial charge in [-0.3, -0.25) is 0 Å². The van der Waals surface area contributed by atoms with Crippen LogP contribution in [-0.2, 0) is 4.74 Å². The maximum Gasteiger partial charge on any atom is 0.319 e. The number of rotatable bonds is 7. The summed E-state index contributed by atoms with van der Waals surface area (Å²) in [5.41, 5.74) is 0.154. The Labute approximate surface area is 188 Å². The fraction of sp³-hybridized carbons (Fsp3) is 0.364. The van der Waals surface area contributed by atoms with Crippen LogP contribution in [0.3, 0.4) is 0 Å². The van der Waals surface area contributed by atoms with Crippen molar-refractivity contribution in [1.29, 1.82) is 0 Å². The number of aliphatic hydroxyl groups excluding tert-OH is 1. The third-order valence-electron chi connectivity index (χ3n) is 5.14. The van der Waals surface area contributed by atoms with Crippen molar-refractivity contribution in [3.8, 4) is 0 Å². The zero-order chi connectivity index (χ0) is 23.8. The molecule has 1 heterocycles. The molecule has 3 rings (SSSR count). The van der Waals surface area contributed by atoms with E-state index in [4.69, 9.17) is 4.74 Å². The summed E-state index contributed by atoms with van der Waals surface area (Å²) in [5, 5.41) is 19.8. The van der Waals surface area contributed by atoms with Gasteiger partial charge in [0.2, 0.25) is 0 Å². The molecule has 2 aromatic carbocycles. The van der Waals surface area contributed by atoms with Crippen LogP contribution in [0.15, 0.2) is 42.5 Å². The van der Waals surface area contributed by atoms with Gasteiger partial charge in [0.15, 0.2) is 0 Å². The second kappa shape index (κ2) is 11.5. The average molecular weight is 466 g/mol. The van der Waals surface area contributed by atoms with Gasteiger partial charge in [0.05, 0.1) is 24.4 Å². The van der Waals surface area contributed by atoms with E-state index in [9.17, 15) is 27.9 Å². The van der Waals surface area contributed by atoms with E-state index in [0.717, 1.165) is 18.2 Å². The molecule has 1 aliphatic heterocycles. The lowest BCUT2D eigenvalue weighted by Crippen LogP contribution is -2.52. The zero-order valence-electron chi connectivity index (χ0n) is 17.6. The first-order valence-corrected chi connectivity index (χ1v) is 10.4. The van der Waals surface area contributed by atoms with Crippen LogP contribution in [0.5, 0.6) is 0 Å². The van der Waals surface area contributed by atoms with E-state index in [-0.39, 0.29) is 18.4 Å². The molecule has 1 saturated heterocycles. The Balaban J connectivity index is 1.41. The fourth-order valence-corrected chi connectivity index (χ4v) is 3.48. The molecule has 5 N–H and O–H groups in total. The van der Waals surface area contributed by atoms with Crippen molar-refractivity contribution in [2.24, 2.45) is 0 Å². The number of anilines is 2. The number of halogens is 3. The Hall–Kier alpha value is -3.31. The molecule has 0 aliphatic carbocycles. The van der Waals surface area contributed by atoms with Crippen molar-refractivity contribution in [3.05, 3.63) is 59.9 Å². The standard InChI is InChI=1S/C22H25F3N4O4/c23-13-1-4-15(5-2-13)27-21(31)26-10-9-16-6-8-18(20(12-30)33-16)28-22(32)29-19-11-14(24)3-7-17(19)25/h1-5,7,11,16,18,20,30H,6,8-10,12H2,(H2,26,27,31)(H2,28,29,32)/t16-,18+,20-/m0/s1. The molecule has 1 fully saturated rings. The minimum Gasteiger partial charge on any atom is -0.394 e. The first kappa shape index (κ1) is 24.3. The molecule has 2 aromatic rings. The molecule has 0 bridgehead atoms. The van der Waals surface area contributed by atoms with Crippen LogP contribution in [0.25, 0.3) is 0 Å². The largest absolute Gasteiger partial charge is 0.394 e. The first-order valence-electron chi connectivity index (χ1n) is 10.4. The van der Waals surface area contributed by atoms with Gasteiger partial charge in [-0.15, -0.1) is 0 Å². The molecule has 33 heavy (non-hydrogen) atoms. The van der Waals surface area contributed by atoms with Gasteiger partial charge >= 0.3 is 12.1 Å². The van der Waals surface area contributed by atoms with Crippen molar-refractivity contribution in [2.75, 3.05) is 23.8 Å². The lowest BCUT2D eigenvalue weighted by atomic mass is 9.97. The third-order valence-corrected chi connectivity index (χ3v) is 5.14. The van der Waals surface area contributed by atoms with Crippen molar-refractivity contribution >= 4 is 23.4 Å². The van der Waals surface area contributed by atoms with E-state index in [1.165, 1.54) is 24.3 Å². The normalized spacial score (nSPS) is 20.1.